The first-order valence-electron chi connectivity index (χ1n) is 5.13. The molecule has 0 saturated heterocycles. The molecule has 0 fully saturated rings. The number of amides is 1. The lowest BCUT2D eigenvalue weighted by Crippen LogP contribution is -2.35. The van der Waals surface area contributed by atoms with Gasteiger partial charge in [0, 0.05) is 23.4 Å². The molecule has 1 unspecified atom stereocenters. The average molecular weight is 262 g/mol. The zero-order valence-corrected chi connectivity index (χ0v) is 9.58. The van der Waals surface area contributed by atoms with Gasteiger partial charge in [-0.25, -0.2) is 13.2 Å². The molecule has 0 aliphatic carbocycles. The van der Waals surface area contributed by atoms with E-state index in [1.165, 1.54) is 13.0 Å². The second kappa shape index (κ2) is 5.72. The molecule has 1 amide bonds. The van der Waals surface area contributed by atoms with Crippen LogP contribution in [-0.4, -0.2) is 30.1 Å². The number of nitrogen functional groups attached to an aromatic ring is 1. The molecule has 1 aromatic carbocycles. The number of nitrogens with two attached hydrogens (primary N) is 1. The Labute approximate surface area is 102 Å². The highest BCUT2D eigenvalue weighted by Gasteiger charge is 2.18. The van der Waals surface area contributed by atoms with E-state index in [1.54, 1.807) is 0 Å². The molecule has 0 radical (unpaired) electrons. The Hall–Kier alpha value is -1.76. The largest absolute Gasteiger partial charge is 0.398 e. The zero-order valence-electron chi connectivity index (χ0n) is 9.58. The van der Waals surface area contributed by atoms with Crippen LogP contribution in [0.1, 0.15) is 15.9 Å². The Balaban J connectivity index is 2.73. The van der Waals surface area contributed by atoms with Crippen molar-refractivity contribution < 1.29 is 23.1 Å². The third-order valence-electron chi connectivity index (χ3n) is 2.41. The Bertz CT molecular complexity index is 429. The van der Waals surface area contributed by atoms with Crippen molar-refractivity contribution in [3.8, 4) is 0 Å². The van der Waals surface area contributed by atoms with E-state index in [-0.39, 0.29) is 16.8 Å². The fourth-order valence-electron chi connectivity index (χ4n) is 1.22. The van der Waals surface area contributed by atoms with Crippen LogP contribution in [0.4, 0.5) is 18.9 Å². The van der Waals surface area contributed by atoms with Gasteiger partial charge in [-0.15, -0.1) is 0 Å². The van der Waals surface area contributed by atoms with Gasteiger partial charge in [0.05, 0.1) is 0 Å². The van der Waals surface area contributed by atoms with Crippen LogP contribution in [0.5, 0.6) is 0 Å². The quantitative estimate of drug-likeness (QED) is 0.710. The summed E-state index contributed by atoms with van der Waals surface area (Å²) in [5.74, 6) is -1.44. The van der Waals surface area contributed by atoms with Crippen LogP contribution in [0.3, 0.4) is 0 Å². The Morgan fingerprint density at radius 1 is 1.50 bits per heavy atom. The number of halogens is 3. The molecular weight excluding hydrogens is 249 g/mol. The average Bonchev–Trinajstić information content (AvgIpc) is 2.31. The molecular formula is C11H13F3N2O2. The molecule has 18 heavy (non-hydrogen) atoms. The first-order chi connectivity index (χ1) is 8.32. The number of nitrogens with one attached hydrogen (secondary N) is 1. The van der Waals surface area contributed by atoms with E-state index in [1.807, 2.05) is 0 Å². The Morgan fingerprint density at radius 3 is 2.61 bits per heavy atom. The standard InChI is InChI=1S/C11H13F3N2O2/c1-5-7(12)2-6(3-8(5)15)11(18)16-4-9(17)10(13)14/h2-3,9-10,17H,4,15H2,1H3,(H,16,18). The highest BCUT2D eigenvalue weighted by molar-refractivity contribution is 5.95. The minimum atomic E-state index is -2.95. The summed E-state index contributed by atoms with van der Waals surface area (Å²) >= 11 is 0. The Morgan fingerprint density at radius 2 is 2.11 bits per heavy atom. The van der Waals surface area contributed by atoms with Crippen molar-refractivity contribution >= 4 is 11.6 Å². The van der Waals surface area contributed by atoms with Gasteiger partial charge in [0.25, 0.3) is 12.3 Å². The van der Waals surface area contributed by atoms with Gasteiger partial charge in [0.15, 0.2) is 0 Å². The minimum absolute atomic E-state index is 0.0860. The number of aliphatic hydroxyl groups excluding tert-OH is 1. The molecule has 1 rings (SSSR count). The van der Waals surface area contributed by atoms with Crippen molar-refractivity contribution in [2.24, 2.45) is 0 Å². The van der Waals surface area contributed by atoms with Crippen molar-refractivity contribution in [3.05, 3.63) is 29.1 Å². The summed E-state index contributed by atoms with van der Waals surface area (Å²) in [5.41, 5.74) is 5.69. The van der Waals surface area contributed by atoms with Gasteiger partial charge in [-0.2, -0.15) is 0 Å². The lowest BCUT2D eigenvalue weighted by atomic mass is 10.1. The highest BCUT2D eigenvalue weighted by atomic mass is 19.3. The molecule has 100 valence electrons. The predicted molar refractivity (Wildman–Crippen MR) is 59.9 cm³/mol. The minimum Gasteiger partial charge on any atom is -0.398 e. The molecule has 1 aromatic rings. The molecule has 0 bridgehead atoms. The third-order valence-corrected chi connectivity index (χ3v) is 2.41. The number of carbonyl (C=O) groups excluding carboxylic acids is 1. The molecule has 4 N–H and O–H groups in total. The lowest BCUT2D eigenvalue weighted by molar-refractivity contribution is -0.00270. The molecule has 4 nitrogen and oxygen atoms in total. The van der Waals surface area contributed by atoms with E-state index in [2.05, 4.69) is 5.32 Å². The molecule has 0 heterocycles. The maximum atomic E-state index is 13.3. The van der Waals surface area contributed by atoms with Crippen LogP contribution in [0.2, 0.25) is 0 Å². The third kappa shape index (κ3) is 3.36. The summed E-state index contributed by atoms with van der Waals surface area (Å²) in [6.45, 7) is 0.832. The van der Waals surface area contributed by atoms with E-state index >= 15 is 0 Å². The van der Waals surface area contributed by atoms with Gasteiger partial charge in [0.2, 0.25) is 0 Å². The predicted octanol–water partition coefficient (Wildman–Crippen LogP) is 1.07. The van der Waals surface area contributed by atoms with Crippen molar-refractivity contribution in [2.45, 2.75) is 19.5 Å². The van der Waals surface area contributed by atoms with Gasteiger partial charge in [-0.05, 0) is 19.1 Å². The molecule has 1 atom stereocenters. The SMILES string of the molecule is Cc1c(N)cc(C(=O)NCC(O)C(F)F)cc1F. The van der Waals surface area contributed by atoms with Crippen LogP contribution < -0.4 is 11.1 Å². The maximum Gasteiger partial charge on any atom is 0.265 e. The second-order valence-electron chi connectivity index (χ2n) is 3.78. The number of rotatable bonds is 4. The molecule has 0 aliphatic heterocycles. The van der Waals surface area contributed by atoms with Gasteiger partial charge in [-0.1, -0.05) is 0 Å². The molecule has 0 saturated carbocycles. The fraction of sp³-hybridized carbons (Fsp3) is 0.364. The van der Waals surface area contributed by atoms with Gasteiger partial charge < -0.3 is 16.2 Å². The van der Waals surface area contributed by atoms with Crippen LogP contribution in [0.15, 0.2) is 12.1 Å². The van der Waals surface area contributed by atoms with Crippen molar-refractivity contribution in [1.82, 2.24) is 5.32 Å². The first-order valence-corrected chi connectivity index (χ1v) is 5.13. The summed E-state index contributed by atoms with van der Waals surface area (Å²) in [6.07, 6.45) is -4.91. The monoisotopic (exact) mass is 262 g/mol. The topological polar surface area (TPSA) is 75.4 Å². The number of aliphatic hydroxyl groups is 1. The number of carbonyl (C=O) groups is 1. The molecule has 7 heteroatoms. The van der Waals surface area contributed by atoms with Gasteiger partial charge >= 0.3 is 0 Å². The first kappa shape index (κ1) is 14.3. The number of alkyl halides is 2. The molecule has 0 aliphatic rings. The highest BCUT2D eigenvalue weighted by Crippen LogP contribution is 2.17. The number of benzene rings is 1. The Kier molecular flexibility index (Phi) is 4.55. The van der Waals surface area contributed by atoms with E-state index in [4.69, 9.17) is 10.8 Å². The van der Waals surface area contributed by atoms with Gasteiger partial charge in [0.1, 0.15) is 11.9 Å². The molecule has 0 aromatic heterocycles. The molecule has 0 spiro atoms. The maximum absolute atomic E-state index is 13.3. The normalized spacial score (nSPS) is 12.6. The number of hydrogen-bond donors (Lipinski definition) is 3. The van der Waals surface area contributed by atoms with Crippen LogP contribution >= 0.6 is 0 Å². The summed E-state index contributed by atoms with van der Waals surface area (Å²) in [7, 11) is 0. The summed E-state index contributed by atoms with van der Waals surface area (Å²) in [5, 5.41) is 10.9. The number of anilines is 1. The van der Waals surface area contributed by atoms with E-state index < -0.39 is 30.8 Å². The second-order valence-corrected chi connectivity index (χ2v) is 3.78. The van der Waals surface area contributed by atoms with Crippen LogP contribution in [0, 0.1) is 12.7 Å². The summed E-state index contributed by atoms with van der Waals surface area (Å²) in [4.78, 5) is 11.5. The van der Waals surface area contributed by atoms with Gasteiger partial charge in [-0.3, -0.25) is 4.79 Å². The summed E-state index contributed by atoms with van der Waals surface area (Å²) in [6, 6.07) is 2.19. The lowest BCUT2D eigenvalue weighted by Gasteiger charge is -2.11. The number of hydrogen-bond acceptors (Lipinski definition) is 3. The van der Waals surface area contributed by atoms with E-state index in [0.717, 1.165) is 6.07 Å². The zero-order chi connectivity index (χ0) is 13.9. The van der Waals surface area contributed by atoms with Crippen LogP contribution in [-0.2, 0) is 0 Å². The summed E-state index contributed by atoms with van der Waals surface area (Å²) < 4.78 is 37.3. The van der Waals surface area contributed by atoms with E-state index in [9.17, 15) is 18.0 Å². The van der Waals surface area contributed by atoms with Crippen molar-refractivity contribution in [1.29, 1.82) is 0 Å². The van der Waals surface area contributed by atoms with Crippen molar-refractivity contribution in [3.63, 3.8) is 0 Å². The fourth-order valence-corrected chi connectivity index (χ4v) is 1.22. The van der Waals surface area contributed by atoms with Crippen molar-refractivity contribution in [2.75, 3.05) is 12.3 Å². The van der Waals surface area contributed by atoms with E-state index in [0.29, 0.717) is 0 Å². The van der Waals surface area contributed by atoms with Crippen LogP contribution in [0.25, 0.3) is 0 Å². The smallest absolute Gasteiger partial charge is 0.265 e.